The summed E-state index contributed by atoms with van der Waals surface area (Å²) in [5.41, 5.74) is 1.24. The molecule has 1 aliphatic carbocycles. The van der Waals surface area contributed by atoms with E-state index in [1.807, 2.05) is 0 Å². The number of fused-ring (bicyclic) bond motifs is 1. The first kappa shape index (κ1) is 23.5. The zero-order valence-corrected chi connectivity index (χ0v) is 21.1. The lowest BCUT2D eigenvalue weighted by Gasteiger charge is -2.22. The van der Waals surface area contributed by atoms with Crippen LogP contribution in [-0.2, 0) is 21.5 Å². The first-order chi connectivity index (χ1) is 17.9. The molecule has 188 valence electrons. The predicted molar refractivity (Wildman–Crippen MR) is 132 cm³/mol. The molecule has 3 fully saturated rings. The van der Waals surface area contributed by atoms with Gasteiger partial charge in [-0.3, -0.25) is 14.7 Å². The van der Waals surface area contributed by atoms with Crippen molar-refractivity contribution >= 4 is 33.6 Å². The quantitative estimate of drug-likeness (QED) is 0.422. The molecule has 3 aromatic rings. The average Bonchev–Trinajstić information content (AvgIpc) is 3.41. The van der Waals surface area contributed by atoms with Gasteiger partial charge in [0, 0.05) is 48.4 Å². The Bertz CT molecular complexity index is 1400. The number of carbonyl (C=O) groups excluding carboxylic acids is 2. The number of likely N-dealkylation sites (tertiary alicyclic amines) is 1. The summed E-state index contributed by atoms with van der Waals surface area (Å²) in [4.78, 5) is 32.0. The van der Waals surface area contributed by atoms with Gasteiger partial charge in [-0.05, 0) is 24.3 Å². The van der Waals surface area contributed by atoms with Gasteiger partial charge in [0.1, 0.15) is 17.3 Å². The Morgan fingerprint density at radius 2 is 2.05 bits per heavy atom. The molecule has 4 atom stereocenters. The van der Waals surface area contributed by atoms with Gasteiger partial charge in [-0.2, -0.15) is 5.26 Å². The topological polar surface area (TPSA) is 117 Å². The van der Waals surface area contributed by atoms with E-state index in [9.17, 15) is 14.9 Å². The summed E-state index contributed by atoms with van der Waals surface area (Å²) in [6.45, 7) is 1.71. The Morgan fingerprint density at radius 3 is 2.68 bits per heavy atom. The highest BCUT2D eigenvalue weighted by Crippen LogP contribution is 2.62. The molecular weight excluding hydrogens is 545 g/mol. The number of anilines is 1. The standard InChI is InChI=1S/C25H21BrFN7O3/c26-8-23(35)32-12-19-20(13-32)25(19,14-28)22-4-1-15(9-29-22)18-3-2-16(7-21(18)27)34-11-17(37-24(34)36)10-33-6-5-30-31-33/h1-7,9,17,19-20H,8,10-13H2/t17-,19-,20+,25?/m0/s1. The van der Waals surface area contributed by atoms with Crippen molar-refractivity contribution in [1.82, 2.24) is 24.9 Å². The maximum absolute atomic E-state index is 15.1. The van der Waals surface area contributed by atoms with Crippen molar-refractivity contribution in [2.24, 2.45) is 11.8 Å². The van der Waals surface area contributed by atoms with Crippen LogP contribution in [0.4, 0.5) is 14.9 Å². The molecule has 2 saturated heterocycles. The van der Waals surface area contributed by atoms with Gasteiger partial charge in [0.05, 0.1) is 42.1 Å². The molecule has 6 rings (SSSR count). The van der Waals surface area contributed by atoms with Crippen molar-refractivity contribution in [3.05, 3.63) is 60.4 Å². The molecule has 0 spiro atoms. The molecule has 0 bridgehead atoms. The number of nitriles is 1. The molecule has 2 aromatic heterocycles. The molecule has 3 aliphatic rings. The van der Waals surface area contributed by atoms with Crippen LogP contribution in [0, 0.1) is 29.0 Å². The van der Waals surface area contributed by atoms with Gasteiger partial charge >= 0.3 is 6.09 Å². The van der Waals surface area contributed by atoms with Crippen molar-refractivity contribution in [3.8, 4) is 17.2 Å². The Labute approximate surface area is 219 Å². The number of alkyl halides is 1. The van der Waals surface area contributed by atoms with Gasteiger partial charge in [-0.1, -0.05) is 27.2 Å². The summed E-state index contributed by atoms with van der Waals surface area (Å²) in [6, 6.07) is 10.5. The normalized spacial score (nSPS) is 26.1. The number of benzene rings is 1. The average molecular weight is 566 g/mol. The van der Waals surface area contributed by atoms with Crippen LogP contribution in [0.15, 0.2) is 48.9 Å². The number of cyclic esters (lactones) is 1. The van der Waals surface area contributed by atoms with E-state index in [0.29, 0.717) is 42.1 Å². The molecule has 4 heterocycles. The number of pyridine rings is 1. The van der Waals surface area contributed by atoms with Crippen LogP contribution in [0.2, 0.25) is 0 Å². The Balaban J connectivity index is 1.16. The minimum Gasteiger partial charge on any atom is -0.442 e. The number of amides is 2. The number of piperidine rings is 1. The van der Waals surface area contributed by atoms with Crippen LogP contribution in [0.25, 0.3) is 11.1 Å². The van der Waals surface area contributed by atoms with Crippen molar-refractivity contribution in [2.75, 3.05) is 29.9 Å². The van der Waals surface area contributed by atoms with E-state index >= 15 is 4.39 Å². The third-order valence-electron chi connectivity index (χ3n) is 7.53. The van der Waals surface area contributed by atoms with E-state index in [1.54, 1.807) is 52.4 Å². The Hall–Kier alpha value is -3.85. The summed E-state index contributed by atoms with van der Waals surface area (Å²) in [6.07, 6.45) is 3.82. The number of carbonyl (C=O) groups is 2. The number of hydrogen-bond acceptors (Lipinski definition) is 7. The zero-order chi connectivity index (χ0) is 25.7. The largest absolute Gasteiger partial charge is 0.442 e. The summed E-state index contributed by atoms with van der Waals surface area (Å²) in [7, 11) is 0. The fourth-order valence-corrected chi connectivity index (χ4v) is 5.95. The van der Waals surface area contributed by atoms with Gasteiger partial charge in [0.15, 0.2) is 0 Å². The van der Waals surface area contributed by atoms with Gasteiger partial charge < -0.3 is 9.64 Å². The summed E-state index contributed by atoms with van der Waals surface area (Å²) < 4.78 is 22.1. The summed E-state index contributed by atoms with van der Waals surface area (Å²) >= 11 is 3.20. The number of rotatable bonds is 6. The Kier molecular flexibility index (Phi) is 5.67. The SMILES string of the molecule is N#CC1(c2ccc(-c3ccc(N4C[C@H](Cn5ccnn5)OC4=O)cc3F)cn2)[C@@H]2CN(C(=O)CBr)C[C@@H]21. The van der Waals surface area contributed by atoms with E-state index in [1.165, 1.54) is 11.0 Å². The van der Waals surface area contributed by atoms with Gasteiger partial charge in [-0.15, -0.1) is 5.10 Å². The van der Waals surface area contributed by atoms with Gasteiger partial charge in [0.2, 0.25) is 5.91 Å². The fourth-order valence-electron chi connectivity index (χ4n) is 5.59. The second-order valence-corrected chi connectivity index (χ2v) is 10.0. The highest BCUT2D eigenvalue weighted by molar-refractivity contribution is 9.09. The fraction of sp³-hybridized carbons (Fsp3) is 0.360. The molecule has 2 amide bonds. The van der Waals surface area contributed by atoms with E-state index < -0.39 is 23.4 Å². The van der Waals surface area contributed by atoms with Crippen LogP contribution in [-0.4, -0.2) is 67.9 Å². The van der Waals surface area contributed by atoms with Crippen LogP contribution in [0.1, 0.15) is 5.69 Å². The molecule has 0 radical (unpaired) electrons. The third kappa shape index (κ3) is 3.85. The molecule has 2 aliphatic heterocycles. The number of nitrogens with zero attached hydrogens (tertiary/aromatic N) is 7. The molecule has 12 heteroatoms. The lowest BCUT2D eigenvalue weighted by Crippen LogP contribution is -2.35. The first-order valence-electron chi connectivity index (χ1n) is 11.8. The van der Waals surface area contributed by atoms with Crippen LogP contribution >= 0.6 is 15.9 Å². The van der Waals surface area contributed by atoms with Crippen LogP contribution in [0.3, 0.4) is 0 Å². The number of halogens is 2. The smallest absolute Gasteiger partial charge is 0.414 e. The lowest BCUT2D eigenvalue weighted by molar-refractivity contribution is -0.127. The molecule has 10 nitrogen and oxygen atoms in total. The minimum absolute atomic E-state index is 0.0224. The summed E-state index contributed by atoms with van der Waals surface area (Å²) in [5.74, 6) is -0.358. The molecule has 1 unspecified atom stereocenters. The van der Waals surface area contributed by atoms with Crippen molar-refractivity contribution in [1.29, 1.82) is 5.26 Å². The summed E-state index contributed by atoms with van der Waals surface area (Å²) in [5, 5.41) is 17.8. The van der Waals surface area contributed by atoms with E-state index in [-0.39, 0.29) is 29.6 Å². The van der Waals surface area contributed by atoms with E-state index in [2.05, 4.69) is 37.3 Å². The van der Waals surface area contributed by atoms with E-state index in [0.717, 1.165) is 0 Å². The van der Waals surface area contributed by atoms with Gasteiger partial charge in [-0.25, -0.2) is 13.9 Å². The maximum Gasteiger partial charge on any atom is 0.414 e. The Morgan fingerprint density at radius 1 is 1.24 bits per heavy atom. The first-order valence-corrected chi connectivity index (χ1v) is 12.9. The lowest BCUT2D eigenvalue weighted by atomic mass is 9.95. The molecule has 1 aromatic carbocycles. The molecule has 37 heavy (non-hydrogen) atoms. The van der Waals surface area contributed by atoms with Crippen molar-refractivity contribution in [3.63, 3.8) is 0 Å². The highest BCUT2D eigenvalue weighted by atomic mass is 79.9. The van der Waals surface area contributed by atoms with Crippen molar-refractivity contribution in [2.45, 2.75) is 18.1 Å². The monoisotopic (exact) mass is 565 g/mol. The van der Waals surface area contributed by atoms with Crippen LogP contribution in [0.5, 0.6) is 0 Å². The molecular formula is C25H21BrFN7O3. The number of hydrogen-bond donors (Lipinski definition) is 0. The van der Waals surface area contributed by atoms with E-state index in [4.69, 9.17) is 4.74 Å². The van der Waals surface area contributed by atoms with Crippen molar-refractivity contribution < 1.29 is 18.7 Å². The van der Waals surface area contributed by atoms with Crippen LogP contribution < -0.4 is 4.90 Å². The minimum atomic E-state index is -0.705. The molecule has 0 N–H and O–H groups in total. The second-order valence-electron chi connectivity index (χ2n) is 9.46. The highest BCUT2D eigenvalue weighted by Gasteiger charge is 2.71. The van der Waals surface area contributed by atoms with Gasteiger partial charge in [0.25, 0.3) is 0 Å². The second kappa shape index (κ2) is 8.92. The number of aromatic nitrogens is 4. The maximum atomic E-state index is 15.1. The third-order valence-corrected chi connectivity index (χ3v) is 8.01. The molecule has 1 saturated carbocycles. The zero-order valence-electron chi connectivity index (χ0n) is 19.5. The predicted octanol–water partition coefficient (Wildman–Crippen LogP) is 2.75. The number of ether oxygens (including phenoxy) is 1.